The van der Waals surface area contributed by atoms with Crippen LogP contribution in [0.15, 0.2) is 29.0 Å². The van der Waals surface area contributed by atoms with Gasteiger partial charge in [0.1, 0.15) is 0 Å². The van der Waals surface area contributed by atoms with Crippen molar-refractivity contribution in [3.05, 3.63) is 47.2 Å². The molecule has 2 rings (SSSR count). The first kappa shape index (κ1) is 12.8. The molecule has 0 unspecified atom stereocenters. The summed E-state index contributed by atoms with van der Waals surface area (Å²) >= 11 is 0. The number of carbonyl (C=O) groups excluding carboxylic acids is 1. The summed E-state index contributed by atoms with van der Waals surface area (Å²) in [4.78, 5) is 26.9. The molecular formula is C13H12N2O4. The maximum atomic E-state index is 11.9. The highest BCUT2D eigenvalue weighted by molar-refractivity contribution is 6.07. The number of carboxylic acids is 1. The molecule has 2 N–H and O–H groups in total. The third kappa shape index (κ3) is 2.47. The molecule has 1 aromatic carbocycles. The fourth-order valence-corrected chi connectivity index (χ4v) is 1.75. The predicted octanol–water partition coefficient (Wildman–Crippen LogP) is 2.24. The number of oxazole rings is 1. The molecule has 0 aliphatic carbocycles. The van der Waals surface area contributed by atoms with E-state index in [4.69, 9.17) is 9.52 Å². The highest BCUT2D eigenvalue weighted by Crippen LogP contribution is 2.20. The van der Waals surface area contributed by atoms with Gasteiger partial charge >= 0.3 is 5.97 Å². The van der Waals surface area contributed by atoms with E-state index < -0.39 is 11.9 Å². The van der Waals surface area contributed by atoms with Gasteiger partial charge in [0.2, 0.25) is 5.76 Å². The smallest absolute Gasteiger partial charge is 0.338 e. The van der Waals surface area contributed by atoms with Gasteiger partial charge in [-0.25, -0.2) is 9.78 Å². The summed E-state index contributed by atoms with van der Waals surface area (Å²) in [5, 5.41) is 11.7. The summed E-state index contributed by atoms with van der Waals surface area (Å²) in [6, 6.07) is 4.86. The number of aromatic carboxylic acids is 1. The molecule has 98 valence electrons. The standard InChI is InChI=1S/C13H12N2O4/c1-7-4-3-5-9(10(7)13(17)18)15-12(16)11-8(2)14-6-19-11/h3-6H,1-2H3,(H,15,16)(H,17,18). The van der Waals surface area contributed by atoms with Gasteiger partial charge in [0, 0.05) is 0 Å². The topological polar surface area (TPSA) is 92.4 Å². The van der Waals surface area contributed by atoms with Gasteiger partial charge in [-0.15, -0.1) is 0 Å². The van der Waals surface area contributed by atoms with Crippen molar-refractivity contribution in [2.45, 2.75) is 13.8 Å². The van der Waals surface area contributed by atoms with Crippen LogP contribution in [0.1, 0.15) is 32.2 Å². The maximum absolute atomic E-state index is 11.9. The van der Waals surface area contributed by atoms with Gasteiger partial charge in [-0.05, 0) is 25.5 Å². The second kappa shape index (κ2) is 4.93. The number of anilines is 1. The summed E-state index contributed by atoms with van der Waals surface area (Å²) in [5.41, 5.74) is 1.31. The monoisotopic (exact) mass is 260 g/mol. The largest absolute Gasteiger partial charge is 0.478 e. The molecule has 1 heterocycles. The number of hydrogen-bond acceptors (Lipinski definition) is 4. The SMILES string of the molecule is Cc1cccc(NC(=O)c2ocnc2C)c1C(=O)O. The van der Waals surface area contributed by atoms with Gasteiger partial charge in [-0.3, -0.25) is 4.79 Å². The van der Waals surface area contributed by atoms with Gasteiger partial charge in [-0.1, -0.05) is 12.1 Å². The molecule has 1 aromatic heterocycles. The average Bonchev–Trinajstić information content (AvgIpc) is 2.75. The average molecular weight is 260 g/mol. The molecule has 0 spiro atoms. The van der Waals surface area contributed by atoms with Crippen molar-refractivity contribution in [1.29, 1.82) is 0 Å². The van der Waals surface area contributed by atoms with Crippen LogP contribution < -0.4 is 5.32 Å². The fourth-order valence-electron chi connectivity index (χ4n) is 1.75. The molecular weight excluding hydrogens is 248 g/mol. The molecule has 2 aromatic rings. The van der Waals surface area contributed by atoms with Crippen LogP contribution in [-0.2, 0) is 0 Å². The molecule has 0 aliphatic heterocycles. The summed E-state index contributed by atoms with van der Waals surface area (Å²) in [5.74, 6) is -1.55. The van der Waals surface area contributed by atoms with Crippen LogP contribution in [0, 0.1) is 13.8 Å². The van der Waals surface area contributed by atoms with Crippen LogP contribution >= 0.6 is 0 Å². The molecule has 0 bridgehead atoms. The van der Waals surface area contributed by atoms with Crippen LogP contribution in [-0.4, -0.2) is 22.0 Å². The lowest BCUT2D eigenvalue weighted by Gasteiger charge is -2.09. The number of carbonyl (C=O) groups is 2. The molecule has 1 amide bonds. The van der Waals surface area contributed by atoms with Crippen LogP contribution in [0.5, 0.6) is 0 Å². The molecule has 0 atom stereocenters. The van der Waals surface area contributed by atoms with Crippen molar-refractivity contribution in [1.82, 2.24) is 4.98 Å². The Hall–Kier alpha value is -2.63. The van der Waals surface area contributed by atoms with Crippen LogP contribution in [0.3, 0.4) is 0 Å². The minimum Gasteiger partial charge on any atom is -0.478 e. The molecule has 0 radical (unpaired) electrons. The van der Waals surface area contributed by atoms with E-state index in [1.54, 1.807) is 26.0 Å². The van der Waals surface area contributed by atoms with Gasteiger partial charge in [0.25, 0.3) is 5.91 Å². The number of carboxylic acid groups (broad SMARTS) is 1. The van der Waals surface area contributed by atoms with E-state index in [9.17, 15) is 9.59 Å². The Balaban J connectivity index is 2.35. The molecule has 0 saturated heterocycles. The first-order valence-electron chi connectivity index (χ1n) is 5.55. The van der Waals surface area contributed by atoms with Crippen LogP contribution in [0.4, 0.5) is 5.69 Å². The van der Waals surface area contributed by atoms with Crippen molar-refractivity contribution in [2.24, 2.45) is 0 Å². The third-order valence-electron chi connectivity index (χ3n) is 2.69. The van der Waals surface area contributed by atoms with Crippen LogP contribution in [0.2, 0.25) is 0 Å². The zero-order valence-corrected chi connectivity index (χ0v) is 10.4. The first-order chi connectivity index (χ1) is 9.00. The summed E-state index contributed by atoms with van der Waals surface area (Å²) in [6.07, 6.45) is 1.17. The highest BCUT2D eigenvalue weighted by Gasteiger charge is 2.18. The lowest BCUT2D eigenvalue weighted by atomic mass is 10.1. The van der Waals surface area contributed by atoms with Crippen molar-refractivity contribution >= 4 is 17.6 Å². The van der Waals surface area contributed by atoms with E-state index in [1.165, 1.54) is 12.5 Å². The number of amides is 1. The van der Waals surface area contributed by atoms with E-state index in [-0.39, 0.29) is 17.0 Å². The number of nitrogens with one attached hydrogen (secondary N) is 1. The molecule has 6 heteroatoms. The first-order valence-corrected chi connectivity index (χ1v) is 5.55. The minimum absolute atomic E-state index is 0.0630. The van der Waals surface area contributed by atoms with E-state index in [0.717, 1.165) is 0 Å². The Morgan fingerprint density at radius 1 is 1.32 bits per heavy atom. The molecule has 0 aliphatic rings. The Labute approximate surface area is 109 Å². The maximum Gasteiger partial charge on any atom is 0.338 e. The molecule has 6 nitrogen and oxygen atoms in total. The summed E-state index contributed by atoms with van der Waals surface area (Å²) in [6.45, 7) is 3.30. The number of aromatic nitrogens is 1. The number of nitrogens with zero attached hydrogens (tertiary/aromatic N) is 1. The van der Waals surface area contributed by atoms with Gasteiger partial charge in [0.05, 0.1) is 16.9 Å². The Morgan fingerprint density at radius 2 is 2.05 bits per heavy atom. The number of hydrogen-bond donors (Lipinski definition) is 2. The van der Waals surface area contributed by atoms with Crippen molar-refractivity contribution in [3.63, 3.8) is 0 Å². The summed E-state index contributed by atoms with van der Waals surface area (Å²) < 4.78 is 4.96. The Bertz CT molecular complexity index is 646. The van der Waals surface area contributed by atoms with Crippen molar-refractivity contribution in [2.75, 3.05) is 5.32 Å². The third-order valence-corrected chi connectivity index (χ3v) is 2.69. The molecule has 0 fully saturated rings. The normalized spacial score (nSPS) is 10.2. The number of rotatable bonds is 3. The van der Waals surface area contributed by atoms with E-state index in [1.807, 2.05) is 0 Å². The van der Waals surface area contributed by atoms with Crippen LogP contribution in [0.25, 0.3) is 0 Å². The zero-order chi connectivity index (χ0) is 14.0. The van der Waals surface area contributed by atoms with Gasteiger partial charge in [-0.2, -0.15) is 0 Å². The van der Waals surface area contributed by atoms with E-state index >= 15 is 0 Å². The number of benzene rings is 1. The van der Waals surface area contributed by atoms with Gasteiger partial charge < -0.3 is 14.8 Å². The second-order valence-corrected chi connectivity index (χ2v) is 4.02. The quantitative estimate of drug-likeness (QED) is 0.882. The molecule has 19 heavy (non-hydrogen) atoms. The lowest BCUT2D eigenvalue weighted by Crippen LogP contribution is -2.15. The second-order valence-electron chi connectivity index (χ2n) is 4.02. The number of aryl methyl sites for hydroxylation is 2. The molecule has 0 saturated carbocycles. The van der Waals surface area contributed by atoms with E-state index in [2.05, 4.69) is 10.3 Å². The highest BCUT2D eigenvalue weighted by atomic mass is 16.4. The Morgan fingerprint density at radius 3 is 2.63 bits per heavy atom. The van der Waals surface area contributed by atoms with Crippen molar-refractivity contribution < 1.29 is 19.1 Å². The van der Waals surface area contributed by atoms with Gasteiger partial charge in [0.15, 0.2) is 6.39 Å². The summed E-state index contributed by atoms with van der Waals surface area (Å²) in [7, 11) is 0. The predicted molar refractivity (Wildman–Crippen MR) is 67.3 cm³/mol. The fraction of sp³-hybridized carbons (Fsp3) is 0.154. The lowest BCUT2D eigenvalue weighted by molar-refractivity contribution is 0.0697. The van der Waals surface area contributed by atoms with E-state index in [0.29, 0.717) is 11.3 Å². The zero-order valence-electron chi connectivity index (χ0n) is 10.4. The minimum atomic E-state index is -1.09. The Kier molecular flexibility index (Phi) is 3.33. The van der Waals surface area contributed by atoms with Crippen molar-refractivity contribution in [3.8, 4) is 0 Å².